The molecule has 0 N–H and O–H groups in total. The van der Waals surface area contributed by atoms with Crippen LogP contribution in [0.15, 0.2) is 23.0 Å². The second-order valence-corrected chi connectivity index (χ2v) is 12.4. The Kier molecular flexibility index (Phi) is 5.94. The Morgan fingerprint density at radius 2 is 1.69 bits per heavy atom. The highest BCUT2D eigenvalue weighted by molar-refractivity contribution is 6.17. The van der Waals surface area contributed by atoms with Gasteiger partial charge in [-0.1, -0.05) is 32.4 Å². The van der Waals surface area contributed by atoms with E-state index in [4.69, 9.17) is 14.2 Å². The van der Waals surface area contributed by atoms with Crippen molar-refractivity contribution in [1.29, 1.82) is 0 Å². The third-order valence-corrected chi connectivity index (χ3v) is 10.9. The molecule has 4 rings (SSSR count). The Hall–Kier alpha value is -2.44. The quantitative estimate of drug-likeness (QED) is 0.241. The minimum atomic E-state index is -1.55. The molecule has 0 saturated heterocycles. The van der Waals surface area contributed by atoms with E-state index in [9.17, 15) is 19.2 Å². The normalized spacial score (nSPS) is 43.0. The maximum absolute atomic E-state index is 14.3. The molecule has 0 radical (unpaired) electrons. The molecule has 0 bridgehead atoms. The third kappa shape index (κ3) is 2.70. The van der Waals surface area contributed by atoms with Crippen LogP contribution >= 0.6 is 0 Å². The number of Topliss-reactive ketones (excluding diaryl/α,β-unsaturated/α-hetero) is 1. The average Bonchev–Trinajstić information content (AvgIpc) is 3.00. The molecule has 4 aliphatic rings. The predicted octanol–water partition coefficient (Wildman–Crippen LogP) is 4.58. The Morgan fingerprint density at radius 3 is 2.22 bits per heavy atom. The lowest BCUT2D eigenvalue weighted by Crippen LogP contribution is -2.70. The van der Waals surface area contributed by atoms with E-state index >= 15 is 0 Å². The summed E-state index contributed by atoms with van der Waals surface area (Å²) in [6, 6.07) is 0. The first kappa shape index (κ1) is 26.6. The number of esters is 2. The molecule has 2 fully saturated rings. The summed E-state index contributed by atoms with van der Waals surface area (Å²) in [4.78, 5) is 53.3. The number of carbonyl (C=O) groups excluding carboxylic acids is 4. The molecule has 0 spiro atoms. The molecule has 198 valence electrons. The highest BCUT2D eigenvalue weighted by Gasteiger charge is 2.81. The van der Waals surface area contributed by atoms with Gasteiger partial charge >= 0.3 is 11.9 Å². The molecule has 36 heavy (non-hydrogen) atoms. The number of rotatable bonds is 4. The van der Waals surface area contributed by atoms with Crippen LogP contribution in [0, 0.1) is 38.9 Å². The highest BCUT2D eigenvalue weighted by atomic mass is 16.5. The van der Waals surface area contributed by atoms with Crippen molar-refractivity contribution in [3.05, 3.63) is 23.0 Å². The molecule has 0 aromatic rings. The van der Waals surface area contributed by atoms with Crippen molar-refractivity contribution < 1.29 is 33.4 Å². The summed E-state index contributed by atoms with van der Waals surface area (Å²) in [5.41, 5.74) is -3.48. The lowest BCUT2D eigenvalue weighted by Gasteiger charge is -2.68. The number of hydrogen-bond acceptors (Lipinski definition) is 7. The fourth-order valence-corrected chi connectivity index (χ4v) is 9.35. The molecule has 0 aromatic heterocycles. The maximum atomic E-state index is 14.3. The van der Waals surface area contributed by atoms with Crippen molar-refractivity contribution >= 4 is 24.0 Å². The van der Waals surface area contributed by atoms with Gasteiger partial charge in [0.05, 0.1) is 19.6 Å². The number of ether oxygens (including phenoxy) is 3. The van der Waals surface area contributed by atoms with Gasteiger partial charge in [0.2, 0.25) is 0 Å². The van der Waals surface area contributed by atoms with E-state index in [0.717, 1.165) is 11.9 Å². The summed E-state index contributed by atoms with van der Waals surface area (Å²) in [6.07, 6.45) is 5.11. The molecule has 0 aliphatic heterocycles. The van der Waals surface area contributed by atoms with Gasteiger partial charge in [-0.25, -0.2) is 0 Å². The molecule has 2 saturated carbocycles. The van der Waals surface area contributed by atoms with Crippen LogP contribution < -0.4 is 0 Å². The summed E-state index contributed by atoms with van der Waals surface area (Å²) < 4.78 is 17.0. The van der Waals surface area contributed by atoms with Gasteiger partial charge in [-0.3, -0.25) is 14.4 Å². The van der Waals surface area contributed by atoms with Gasteiger partial charge in [0.1, 0.15) is 18.1 Å². The minimum Gasteiger partial charge on any atom is -0.500 e. The minimum absolute atomic E-state index is 0.0887. The van der Waals surface area contributed by atoms with E-state index in [1.54, 1.807) is 6.92 Å². The van der Waals surface area contributed by atoms with Crippen molar-refractivity contribution in [3.8, 4) is 0 Å². The van der Waals surface area contributed by atoms with Gasteiger partial charge in [-0.2, -0.15) is 0 Å². The second-order valence-electron chi connectivity index (χ2n) is 12.4. The fourth-order valence-electron chi connectivity index (χ4n) is 9.35. The van der Waals surface area contributed by atoms with Crippen molar-refractivity contribution in [2.24, 2.45) is 38.9 Å². The van der Waals surface area contributed by atoms with Gasteiger partial charge < -0.3 is 19.0 Å². The van der Waals surface area contributed by atoms with E-state index in [2.05, 4.69) is 19.9 Å². The molecule has 0 unspecified atom stereocenters. The Balaban J connectivity index is 2.00. The first-order valence-electron chi connectivity index (χ1n) is 12.9. The van der Waals surface area contributed by atoms with E-state index in [-0.39, 0.29) is 29.7 Å². The molecule has 7 atom stereocenters. The molecule has 7 nitrogen and oxygen atoms in total. The summed E-state index contributed by atoms with van der Waals surface area (Å²) in [7, 11) is 2.86. The number of methoxy groups -OCH3 is 2. The van der Waals surface area contributed by atoms with Crippen LogP contribution in [0.25, 0.3) is 0 Å². The van der Waals surface area contributed by atoms with E-state index < -0.39 is 33.0 Å². The van der Waals surface area contributed by atoms with Crippen LogP contribution in [-0.4, -0.2) is 44.3 Å². The van der Waals surface area contributed by atoms with Crippen molar-refractivity contribution in [3.63, 3.8) is 0 Å². The zero-order chi connectivity index (χ0) is 27.1. The van der Waals surface area contributed by atoms with Gasteiger partial charge in [0.15, 0.2) is 11.2 Å². The second kappa shape index (κ2) is 8.03. The van der Waals surface area contributed by atoms with Crippen LogP contribution in [0.5, 0.6) is 0 Å². The Morgan fingerprint density at radius 1 is 1.06 bits per heavy atom. The van der Waals surface area contributed by atoms with Crippen LogP contribution in [0.3, 0.4) is 0 Å². The summed E-state index contributed by atoms with van der Waals surface area (Å²) >= 11 is 0. The first-order valence-corrected chi connectivity index (χ1v) is 12.9. The summed E-state index contributed by atoms with van der Waals surface area (Å²) in [5.74, 6) is -1.15. The average molecular weight is 501 g/mol. The molecule has 0 aromatic carbocycles. The van der Waals surface area contributed by atoms with Gasteiger partial charge in [0.25, 0.3) is 0 Å². The number of ketones is 1. The number of aldehydes is 1. The van der Waals surface area contributed by atoms with Crippen LogP contribution in [-0.2, 0) is 33.4 Å². The summed E-state index contributed by atoms with van der Waals surface area (Å²) in [5, 5.41) is 0. The number of allylic oxidation sites excluding steroid dienone is 3. The Bertz CT molecular complexity index is 1100. The maximum Gasteiger partial charge on any atom is 0.321 e. The van der Waals surface area contributed by atoms with Crippen LogP contribution in [0.4, 0.5) is 0 Å². The molecule has 0 heterocycles. The lowest BCUT2D eigenvalue weighted by molar-refractivity contribution is -0.217. The van der Waals surface area contributed by atoms with E-state index in [0.29, 0.717) is 37.0 Å². The van der Waals surface area contributed by atoms with Gasteiger partial charge in [0, 0.05) is 23.3 Å². The largest absolute Gasteiger partial charge is 0.500 e. The van der Waals surface area contributed by atoms with E-state index in [1.807, 2.05) is 20.8 Å². The number of fused-ring (bicyclic) bond motifs is 5. The molecule has 4 aliphatic carbocycles. The third-order valence-electron chi connectivity index (χ3n) is 10.9. The molecular weight excluding hydrogens is 460 g/mol. The zero-order valence-electron chi connectivity index (χ0n) is 23.1. The van der Waals surface area contributed by atoms with Gasteiger partial charge in [-0.15, -0.1) is 0 Å². The molecular formula is C29H40O7. The monoisotopic (exact) mass is 500 g/mol. The van der Waals surface area contributed by atoms with Crippen molar-refractivity contribution in [2.45, 2.75) is 80.3 Å². The van der Waals surface area contributed by atoms with Crippen molar-refractivity contribution in [1.82, 2.24) is 0 Å². The van der Waals surface area contributed by atoms with Crippen LogP contribution in [0.2, 0.25) is 0 Å². The lowest BCUT2D eigenvalue weighted by atomic mass is 9.33. The van der Waals surface area contributed by atoms with E-state index in [1.165, 1.54) is 21.1 Å². The Labute approximate surface area is 214 Å². The zero-order valence-corrected chi connectivity index (χ0v) is 23.1. The van der Waals surface area contributed by atoms with Crippen LogP contribution in [0.1, 0.15) is 74.1 Å². The summed E-state index contributed by atoms with van der Waals surface area (Å²) in [6.45, 7) is 13.1. The topological polar surface area (TPSA) is 96.0 Å². The standard InChI is InChI=1S/C29H40O7/c1-16-14-20-26(6,29(24(33)35-9)22(32)17(2)23(34-8)27(16,29)7)12-10-19-25(4,5)21(36-18(3)31)11-13-28(19,20)15-30/h14-15,19-21H,10-13H2,1-9H3/t19-,20-,21+,26+,27+,28+,29-/m1/s1. The van der Waals surface area contributed by atoms with Gasteiger partial charge in [-0.05, 0) is 63.7 Å². The number of carbonyl (C=O) groups is 4. The molecule has 0 amide bonds. The SMILES string of the molecule is COC(=O)[C@@]12C(=O)C(C)=C(OC)[C@]1(C)C(C)=C[C@H]1[C@]3(C=O)CC[C@H](OC(C)=O)C(C)(C)[C@H]3CC[C@@]12C. The van der Waals surface area contributed by atoms with Crippen molar-refractivity contribution in [2.75, 3.05) is 14.2 Å². The highest BCUT2D eigenvalue weighted by Crippen LogP contribution is 2.77. The number of hydrogen-bond donors (Lipinski definition) is 0. The predicted molar refractivity (Wildman–Crippen MR) is 132 cm³/mol. The smallest absolute Gasteiger partial charge is 0.321 e. The molecule has 7 heteroatoms. The first-order chi connectivity index (χ1) is 16.7. The fraction of sp³-hybridized carbons (Fsp3) is 0.724.